The lowest BCUT2D eigenvalue weighted by atomic mass is 10.0. The van der Waals surface area contributed by atoms with E-state index in [2.05, 4.69) is 10.6 Å². The van der Waals surface area contributed by atoms with E-state index in [1.165, 1.54) is 0 Å². The van der Waals surface area contributed by atoms with Crippen molar-refractivity contribution in [1.82, 2.24) is 10.6 Å². The molecule has 1 aliphatic heterocycles. The Morgan fingerprint density at radius 2 is 1.68 bits per heavy atom. The molecule has 2 rings (SSSR count). The first-order valence-corrected chi connectivity index (χ1v) is 7.58. The second kappa shape index (κ2) is 6.61. The fraction of sp³-hybridized carbons (Fsp3) is 0.429. The van der Waals surface area contributed by atoms with Gasteiger partial charge in [0, 0.05) is 12.2 Å². The van der Waals surface area contributed by atoms with Crippen LogP contribution in [0.25, 0.3) is 0 Å². The van der Waals surface area contributed by atoms with E-state index in [9.17, 15) is 9.59 Å². The summed E-state index contributed by atoms with van der Waals surface area (Å²) in [6.07, 6.45) is 0.534. The third kappa shape index (κ3) is 3.73. The highest BCUT2D eigenvalue weighted by atomic mass is 32.2. The van der Waals surface area contributed by atoms with Gasteiger partial charge in [-0.25, -0.2) is 0 Å². The van der Waals surface area contributed by atoms with Gasteiger partial charge in [-0.3, -0.25) is 9.59 Å². The average Bonchev–Trinajstić information content (AvgIpc) is 2.42. The molecule has 0 saturated carbocycles. The Kier molecular flexibility index (Phi) is 4.85. The van der Waals surface area contributed by atoms with Crippen LogP contribution in [0.4, 0.5) is 0 Å². The number of hydrogen-bond donors (Lipinski definition) is 2. The van der Waals surface area contributed by atoms with Crippen LogP contribution in [0.1, 0.15) is 12.5 Å². The number of piperazine rings is 1. The summed E-state index contributed by atoms with van der Waals surface area (Å²) in [5.41, 5.74) is 1.05. The van der Waals surface area contributed by atoms with E-state index in [1.807, 2.05) is 37.3 Å². The van der Waals surface area contributed by atoms with Crippen LogP contribution in [0.3, 0.4) is 0 Å². The van der Waals surface area contributed by atoms with Gasteiger partial charge >= 0.3 is 0 Å². The van der Waals surface area contributed by atoms with Crippen LogP contribution in [-0.4, -0.2) is 35.4 Å². The molecule has 1 aliphatic rings. The number of carbonyl (C=O) groups excluding carboxylic acids is 2. The molecule has 0 aromatic heterocycles. The van der Waals surface area contributed by atoms with Gasteiger partial charge in [0.05, 0.1) is 0 Å². The van der Waals surface area contributed by atoms with Crippen molar-refractivity contribution in [2.75, 3.05) is 11.5 Å². The molecule has 2 atom stereocenters. The lowest BCUT2D eigenvalue weighted by molar-refractivity contribution is -0.136. The van der Waals surface area contributed by atoms with Gasteiger partial charge < -0.3 is 10.6 Å². The molecule has 0 unspecified atom stereocenters. The Bertz CT molecular complexity index is 450. The van der Waals surface area contributed by atoms with Crippen molar-refractivity contribution in [1.29, 1.82) is 0 Å². The molecule has 1 heterocycles. The SMILES string of the molecule is CCSC[C@@H]1NC(=O)[C@@H](Cc2ccccc2)NC1=O. The molecule has 0 spiro atoms. The topological polar surface area (TPSA) is 58.2 Å². The number of carbonyl (C=O) groups is 2. The molecule has 5 heteroatoms. The Labute approximate surface area is 117 Å². The normalized spacial score (nSPS) is 22.8. The van der Waals surface area contributed by atoms with E-state index in [1.54, 1.807) is 11.8 Å². The average molecular weight is 278 g/mol. The van der Waals surface area contributed by atoms with Crippen molar-refractivity contribution in [2.24, 2.45) is 0 Å². The zero-order valence-corrected chi connectivity index (χ0v) is 11.7. The Morgan fingerprint density at radius 1 is 1.05 bits per heavy atom. The van der Waals surface area contributed by atoms with Crippen molar-refractivity contribution in [3.8, 4) is 0 Å². The molecule has 2 N–H and O–H groups in total. The maximum Gasteiger partial charge on any atom is 0.244 e. The van der Waals surface area contributed by atoms with E-state index in [4.69, 9.17) is 0 Å². The zero-order chi connectivity index (χ0) is 13.7. The van der Waals surface area contributed by atoms with Gasteiger partial charge in [0.25, 0.3) is 0 Å². The van der Waals surface area contributed by atoms with Gasteiger partial charge in [-0.05, 0) is 11.3 Å². The molecule has 2 amide bonds. The Hall–Kier alpha value is -1.49. The number of thioether (sulfide) groups is 1. The number of benzene rings is 1. The summed E-state index contributed by atoms with van der Waals surface area (Å²) in [4.78, 5) is 23.9. The zero-order valence-electron chi connectivity index (χ0n) is 10.9. The molecule has 1 aromatic rings. The third-order valence-electron chi connectivity index (χ3n) is 3.04. The fourth-order valence-electron chi connectivity index (χ4n) is 2.02. The summed E-state index contributed by atoms with van der Waals surface area (Å²) in [6, 6.07) is 8.84. The van der Waals surface area contributed by atoms with Crippen LogP contribution in [-0.2, 0) is 16.0 Å². The summed E-state index contributed by atoms with van der Waals surface area (Å²) < 4.78 is 0. The third-order valence-corrected chi connectivity index (χ3v) is 4.01. The lowest BCUT2D eigenvalue weighted by Gasteiger charge is -2.29. The van der Waals surface area contributed by atoms with Crippen molar-refractivity contribution in [2.45, 2.75) is 25.4 Å². The van der Waals surface area contributed by atoms with Gasteiger partial charge in [0.15, 0.2) is 0 Å². The molecule has 1 aromatic carbocycles. The minimum Gasteiger partial charge on any atom is -0.342 e. The number of rotatable bonds is 5. The van der Waals surface area contributed by atoms with Crippen LogP contribution < -0.4 is 10.6 Å². The molecular weight excluding hydrogens is 260 g/mol. The van der Waals surface area contributed by atoms with Crippen LogP contribution in [0.2, 0.25) is 0 Å². The minimum absolute atomic E-state index is 0.0820. The van der Waals surface area contributed by atoms with Crippen molar-refractivity contribution in [3.05, 3.63) is 35.9 Å². The molecule has 1 saturated heterocycles. The van der Waals surface area contributed by atoms with E-state index < -0.39 is 12.1 Å². The Morgan fingerprint density at radius 3 is 2.37 bits per heavy atom. The first-order chi connectivity index (χ1) is 9.20. The highest BCUT2D eigenvalue weighted by Crippen LogP contribution is 2.09. The van der Waals surface area contributed by atoms with Crippen molar-refractivity contribution >= 4 is 23.6 Å². The summed E-state index contributed by atoms with van der Waals surface area (Å²) >= 11 is 1.65. The summed E-state index contributed by atoms with van der Waals surface area (Å²) in [5.74, 6) is 1.39. The highest BCUT2D eigenvalue weighted by Gasteiger charge is 2.33. The lowest BCUT2D eigenvalue weighted by Crippen LogP contribution is -2.63. The molecule has 0 radical (unpaired) electrons. The predicted molar refractivity (Wildman–Crippen MR) is 77.0 cm³/mol. The van der Waals surface area contributed by atoms with E-state index >= 15 is 0 Å². The standard InChI is InChI=1S/C14H18N2O2S/c1-2-19-9-12-14(18)15-11(13(17)16-12)8-10-6-4-3-5-7-10/h3-7,11-12H,2,8-9H2,1H3,(H,15,18)(H,16,17)/t11-,12+/m1/s1. The molecule has 0 bridgehead atoms. The molecule has 4 nitrogen and oxygen atoms in total. The summed E-state index contributed by atoms with van der Waals surface area (Å²) in [6.45, 7) is 2.03. The number of amides is 2. The van der Waals surface area contributed by atoms with Gasteiger partial charge in [-0.15, -0.1) is 0 Å². The van der Waals surface area contributed by atoms with Crippen LogP contribution >= 0.6 is 11.8 Å². The summed E-state index contributed by atoms with van der Waals surface area (Å²) in [5, 5.41) is 5.61. The number of hydrogen-bond acceptors (Lipinski definition) is 3. The van der Waals surface area contributed by atoms with Gasteiger partial charge in [0.1, 0.15) is 12.1 Å². The van der Waals surface area contributed by atoms with Crippen LogP contribution in [0.5, 0.6) is 0 Å². The largest absolute Gasteiger partial charge is 0.342 e. The second-order valence-corrected chi connectivity index (χ2v) is 5.79. The minimum atomic E-state index is -0.460. The summed E-state index contributed by atoms with van der Waals surface area (Å²) in [7, 11) is 0. The van der Waals surface area contributed by atoms with Gasteiger partial charge in [-0.1, -0.05) is 37.3 Å². The van der Waals surface area contributed by atoms with Crippen molar-refractivity contribution < 1.29 is 9.59 Å². The fourth-order valence-corrected chi connectivity index (χ4v) is 2.73. The number of nitrogens with one attached hydrogen (secondary N) is 2. The quantitative estimate of drug-likeness (QED) is 0.843. The second-order valence-electron chi connectivity index (χ2n) is 4.47. The van der Waals surface area contributed by atoms with Crippen LogP contribution in [0.15, 0.2) is 30.3 Å². The van der Waals surface area contributed by atoms with Crippen LogP contribution in [0, 0.1) is 0 Å². The Balaban J connectivity index is 1.95. The van der Waals surface area contributed by atoms with E-state index in [0.717, 1.165) is 11.3 Å². The van der Waals surface area contributed by atoms with Crippen molar-refractivity contribution in [3.63, 3.8) is 0 Å². The van der Waals surface area contributed by atoms with Gasteiger partial charge in [0.2, 0.25) is 11.8 Å². The molecular formula is C14H18N2O2S. The van der Waals surface area contributed by atoms with E-state index in [-0.39, 0.29) is 11.8 Å². The molecule has 19 heavy (non-hydrogen) atoms. The highest BCUT2D eigenvalue weighted by molar-refractivity contribution is 7.99. The predicted octanol–water partition coefficient (Wildman–Crippen LogP) is 0.965. The monoisotopic (exact) mass is 278 g/mol. The first-order valence-electron chi connectivity index (χ1n) is 6.43. The van der Waals surface area contributed by atoms with Gasteiger partial charge in [-0.2, -0.15) is 11.8 Å². The van der Waals surface area contributed by atoms with E-state index in [0.29, 0.717) is 12.2 Å². The molecule has 1 fully saturated rings. The molecule has 0 aliphatic carbocycles. The maximum atomic E-state index is 12.0. The molecule has 102 valence electrons. The first kappa shape index (κ1) is 13.9. The smallest absolute Gasteiger partial charge is 0.244 e. The maximum absolute atomic E-state index is 12.0.